The van der Waals surface area contributed by atoms with E-state index in [9.17, 15) is 4.79 Å². The van der Waals surface area contributed by atoms with Crippen molar-refractivity contribution in [1.82, 2.24) is 14.8 Å². The Hall–Kier alpha value is -2.80. The van der Waals surface area contributed by atoms with Crippen molar-refractivity contribution in [1.29, 1.82) is 0 Å². The summed E-state index contributed by atoms with van der Waals surface area (Å²) in [4.78, 5) is 17.6. The van der Waals surface area contributed by atoms with Crippen LogP contribution in [0.4, 0.5) is 5.69 Å². The number of hydrogen-bond acceptors (Lipinski definition) is 5. The molecule has 2 aromatic heterocycles. The molecule has 1 amide bonds. The maximum absolute atomic E-state index is 12.7. The molecule has 1 aromatic carbocycles. The van der Waals surface area contributed by atoms with Crippen LogP contribution in [0.5, 0.6) is 11.5 Å². The lowest BCUT2D eigenvalue weighted by Gasteiger charge is -2.20. The molecule has 0 fully saturated rings. The second-order valence-corrected chi connectivity index (χ2v) is 9.31. The number of carbonyl (C=O) groups excluding carboxylic acids is 1. The number of fused-ring (bicyclic) bond motifs is 1. The minimum atomic E-state index is -0.168. The van der Waals surface area contributed by atoms with Crippen LogP contribution in [-0.4, -0.2) is 34.9 Å². The summed E-state index contributed by atoms with van der Waals surface area (Å²) in [6, 6.07) is 3.28. The van der Waals surface area contributed by atoms with Crippen LogP contribution >= 0.6 is 11.6 Å². The summed E-state index contributed by atoms with van der Waals surface area (Å²) in [6.45, 7) is 12.4. The average Bonchev–Trinajstić information content (AvgIpc) is 3.04. The first kappa shape index (κ1) is 23.9. The largest absolute Gasteiger partial charge is 0.495 e. The molecule has 0 aliphatic heterocycles. The third-order valence-electron chi connectivity index (χ3n) is 5.56. The fraction of sp³-hybridized carbons (Fsp3) is 0.458. The molecule has 1 N–H and O–H groups in total. The van der Waals surface area contributed by atoms with Crippen molar-refractivity contribution in [2.24, 2.45) is 0 Å². The van der Waals surface area contributed by atoms with Gasteiger partial charge in [0.1, 0.15) is 11.5 Å². The molecule has 0 unspecified atom stereocenters. The van der Waals surface area contributed by atoms with E-state index in [1.54, 1.807) is 12.1 Å². The zero-order valence-electron chi connectivity index (χ0n) is 20.0. The first-order valence-corrected chi connectivity index (χ1v) is 10.9. The van der Waals surface area contributed by atoms with Crippen molar-refractivity contribution in [2.45, 2.75) is 59.9 Å². The third kappa shape index (κ3) is 4.53. The van der Waals surface area contributed by atoms with Crippen molar-refractivity contribution in [3.8, 4) is 11.5 Å². The van der Waals surface area contributed by atoms with Gasteiger partial charge in [-0.05, 0) is 65.2 Å². The number of aromatic nitrogens is 3. The van der Waals surface area contributed by atoms with E-state index >= 15 is 0 Å². The van der Waals surface area contributed by atoms with Crippen LogP contribution in [0.1, 0.15) is 49.7 Å². The second kappa shape index (κ2) is 8.98. The van der Waals surface area contributed by atoms with Gasteiger partial charge in [-0.3, -0.25) is 4.79 Å². The van der Waals surface area contributed by atoms with E-state index in [1.807, 2.05) is 18.5 Å². The lowest BCUT2D eigenvalue weighted by atomic mass is 9.99. The number of amides is 1. The number of benzene rings is 1. The first-order valence-electron chi connectivity index (χ1n) is 10.5. The number of carbonyl (C=O) groups is 1. The number of rotatable bonds is 6. The standard InChI is InChI=1S/C24H31ClN4O3/c1-13-16(14(2)26-23-22(13)15(3)28-29(23)24(4,5)6)9-10-21(30)27-18-11-17(25)19(31-7)12-20(18)32-8/h11-12H,9-10H2,1-8H3,(H,27,30). The van der Waals surface area contributed by atoms with Crippen molar-refractivity contribution in [3.05, 3.63) is 39.7 Å². The molecule has 0 atom stereocenters. The lowest BCUT2D eigenvalue weighted by Crippen LogP contribution is -2.23. The Morgan fingerprint density at radius 1 is 1.09 bits per heavy atom. The van der Waals surface area contributed by atoms with Crippen molar-refractivity contribution in [2.75, 3.05) is 19.5 Å². The molecule has 7 nitrogen and oxygen atoms in total. The second-order valence-electron chi connectivity index (χ2n) is 8.90. The predicted molar refractivity (Wildman–Crippen MR) is 128 cm³/mol. The number of aryl methyl sites for hydroxylation is 3. The number of nitrogens with one attached hydrogen (secondary N) is 1. The number of nitrogens with zero attached hydrogens (tertiary/aromatic N) is 3. The quantitative estimate of drug-likeness (QED) is 0.538. The summed E-state index contributed by atoms with van der Waals surface area (Å²) in [5.41, 5.74) is 5.28. The highest BCUT2D eigenvalue weighted by Gasteiger charge is 2.23. The van der Waals surface area contributed by atoms with Crippen LogP contribution in [0.3, 0.4) is 0 Å². The van der Waals surface area contributed by atoms with E-state index < -0.39 is 0 Å². The average molecular weight is 459 g/mol. The van der Waals surface area contributed by atoms with Crippen LogP contribution < -0.4 is 14.8 Å². The maximum atomic E-state index is 12.7. The monoisotopic (exact) mass is 458 g/mol. The highest BCUT2D eigenvalue weighted by Crippen LogP contribution is 2.36. The van der Waals surface area contributed by atoms with Gasteiger partial charge in [0.25, 0.3) is 0 Å². The van der Waals surface area contributed by atoms with E-state index in [-0.39, 0.29) is 11.4 Å². The molecule has 172 valence electrons. The molecule has 2 heterocycles. The summed E-state index contributed by atoms with van der Waals surface area (Å²) in [5, 5.41) is 9.09. The number of hydrogen-bond donors (Lipinski definition) is 1. The Morgan fingerprint density at radius 2 is 1.75 bits per heavy atom. The number of anilines is 1. The zero-order valence-corrected chi connectivity index (χ0v) is 20.8. The van der Waals surface area contributed by atoms with Crippen LogP contribution in [-0.2, 0) is 16.8 Å². The predicted octanol–water partition coefficient (Wildman–Crippen LogP) is 5.35. The summed E-state index contributed by atoms with van der Waals surface area (Å²) in [5.74, 6) is 0.837. The van der Waals surface area contributed by atoms with E-state index in [1.165, 1.54) is 14.2 Å². The molecular weight excluding hydrogens is 428 g/mol. The summed E-state index contributed by atoms with van der Waals surface area (Å²) in [7, 11) is 3.06. The van der Waals surface area contributed by atoms with Gasteiger partial charge in [-0.2, -0.15) is 5.10 Å². The third-order valence-corrected chi connectivity index (χ3v) is 5.85. The highest BCUT2D eigenvalue weighted by molar-refractivity contribution is 6.32. The van der Waals surface area contributed by atoms with Crippen LogP contribution in [0.2, 0.25) is 5.02 Å². The number of methoxy groups -OCH3 is 2. The van der Waals surface area contributed by atoms with E-state index in [4.69, 9.17) is 31.2 Å². The molecule has 32 heavy (non-hydrogen) atoms. The smallest absolute Gasteiger partial charge is 0.224 e. The highest BCUT2D eigenvalue weighted by atomic mass is 35.5. The number of halogens is 1. The molecule has 0 radical (unpaired) electrons. The first-order chi connectivity index (χ1) is 15.0. The topological polar surface area (TPSA) is 78.3 Å². The van der Waals surface area contributed by atoms with Crippen LogP contribution in [0.15, 0.2) is 12.1 Å². The Labute approximate surface area is 194 Å². The molecule has 3 aromatic rings. The molecule has 8 heteroatoms. The summed E-state index contributed by atoms with van der Waals surface area (Å²) >= 11 is 6.21. The minimum Gasteiger partial charge on any atom is -0.495 e. The Bertz CT molecular complexity index is 1180. The normalized spacial score (nSPS) is 11.7. The SMILES string of the molecule is COc1cc(OC)c(NC(=O)CCc2c(C)nc3c(c(C)nn3C(C)(C)C)c2C)cc1Cl. The molecular formula is C24H31ClN4O3. The molecule has 0 saturated carbocycles. The number of pyridine rings is 1. The minimum absolute atomic E-state index is 0.134. The molecule has 0 aliphatic rings. The van der Waals surface area contributed by atoms with Gasteiger partial charge in [-0.15, -0.1) is 0 Å². The Balaban J connectivity index is 1.85. The van der Waals surface area contributed by atoms with Gasteiger partial charge >= 0.3 is 0 Å². The van der Waals surface area contributed by atoms with E-state index in [2.05, 4.69) is 33.0 Å². The zero-order chi connectivity index (χ0) is 23.8. The van der Waals surface area contributed by atoms with Crippen molar-refractivity contribution >= 4 is 34.2 Å². The van der Waals surface area contributed by atoms with Gasteiger partial charge in [0.2, 0.25) is 5.91 Å². The molecule has 3 rings (SSSR count). The Morgan fingerprint density at radius 3 is 2.34 bits per heavy atom. The lowest BCUT2D eigenvalue weighted by molar-refractivity contribution is -0.116. The van der Waals surface area contributed by atoms with Crippen molar-refractivity contribution < 1.29 is 14.3 Å². The molecule has 0 spiro atoms. The molecule has 0 aliphatic carbocycles. The summed E-state index contributed by atoms with van der Waals surface area (Å²) in [6.07, 6.45) is 0.868. The fourth-order valence-electron chi connectivity index (χ4n) is 3.95. The van der Waals surface area contributed by atoms with Gasteiger partial charge in [0.05, 0.1) is 36.2 Å². The molecule has 0 bridgehead atoms. The maximum Gasteiger partial charge on any atom is 0.224 e. The molecule has 0 saturated heterocycles. The van der Waals surface area contributed by atoms with E-state index in [0.717, 1.165) is 33.5 Å². The van der Waals surface area contributed by atoms with Gasteiger partial charge < -0.3 is 14.8 Å². The van der Waals surface area contributed by atoms with Gasteiger partial charge in [-0.25, -0.2) is 9.67 Å². The Kier molecular flexibility index (Phi) is 6.69. The van der Waals surface area contributed by atoms with Crippen molar-refractivity contribution in [3.63, 3.8) is 0 Å². The van der Waals surface area contributed by atoms with Crippen LogP contribution in [0.25, 0.3) is 11.0 Å². The number of ether oxygens (including phenoxy) is 2. The summed E-state index contributed by atoms with van der Waals surface area (Å²) < 4.78 is 12.6. The van der Waals surface area contributed by atoms with Crippen LogP contribution in [0, 0.1) is 20.8 Å². The fourth-order valence-corrected chi connectivity index (χ4v) is 4.19. The van der Waals surface area contributed by atoms with Gasteiger partial charge in [0, 0.05) is 23.6 Å². The van der Waals surface area contributed by atoms with Gasteiger partial charge in [-0.1, -0.05) is 11.6 Å². The van der Waals surface area contributed by atoms with E-state index in [0.29, 0.717) is 35.1 Å². The van der Waals surface area contributed by atoms with Gasteiger partial charge in [0.15, 0.2) is 5.65 Å².